The van der Waals surface area contributed by atoms with Gasteiger partial charge in [-0.2, -0.15) is 5.21 Å². The van der Waals surface area contributed by atoms with E-state index < -0.39 is 0 Å². The van der Waals surface area contributed by atoms with Crippen molar-refractivity contribution < 1.29 is 9.21 Å². The summed E-state index contributed by atoms with van der Waals surface area (Å²) < 4.78 is 5.62. The van der Waals surface area contributed by atoms with E-state index in [9.17, 15) is 4.79 Å². The van der Waals surface area contributed by atoms with Gasteiger partial charge in [0.1, 0.15) is 0 Å². The van der Waals surface area contributed by atoms with Gasteiger partial charge in [-0.3, -0.25) is 4.79 Å². The number of carbonyl (C=O) groups excluding carboxylic acids is 1. The van der Waals surface area contributed by atoms with E-state index in [0.717, 1.165) is 25.4 Å². The molecule has 0 bridgehead atoms. The third-order valence-electron chi connectivity index (χ3n) is 5.44. The number of furan rings is 1. The summed E-state index contributed by atoms with van der Waals surface area (Å²) in [5.41, 5.74) is 0.339. The lowest BCUT2D eigenvalue weighted by Gasteiger charge is -2.35. The van der Waals surface area contributed by atoms with Gasteiger partial charge < -0.3 is 9.32 Å². The van der Waals surface area contributed by atoms with Crippen LogP contribution in [0.1, 0.15) is 49.6 Å². The molecule has 1 spiro atoms. The Bertz CT molecular complexity index is 685. The Labute approximate surface area is 134 Å². The van der Waals surface area contributed by atoms with Crippen molar-refractivity contribution in [3.05, 3.63) is 17.9 Å². The molecule has 2 aliphatic rings. The van der Waals surface area contributed by atoms with Crippen LogP contribution >= 0.6 is 0 Å². The summed E-state index contributed by atoms with van der Waals surface area (Å²) in [5, 5.41) is 13.6. The van der Waals surface area contributed by atoms with E-state index in [-0.39, 0.29) is 5.91 Å². The van der Waals surface area contributed by atoms with Gasteiger partial charge in [0.15, 0.2) is 11.5 Å². The Morgan fingerprint density at radius 3 is 2.91 bits per heavy atom. The highest BCUT2D eigenvalue weighted by Gasteiger charge is 2.42. The number of aromatic amines is 1. The lowest BCUT2D eigenvalue weighted by Crippen LogP contribution is -2.34. The molecule has 2 aromatic rings. The highest BCUT2D eigenvalue weighted by Crippen LogP contribution is 2.45. The van der Waals surface area contributed by atoms with Crippen molar-refractivity contribution >= 4 is 5.91 Å². The topological polar surface area (TPSA) is 87.9 Å². The zero-order chi connectivity index (χ0) is 15.9. The SMILES string of the molecule is CC1CCC2(CC1)CCN(C(=O)c1ccc(-c3nn[nH]n3)o1)C2. The maximum atomic E-state index is 12.7. The molecular formula is C16H21N5O2. The molecular weight excluding hydrogens is 294 g/mol. The number of H-pyrrole nitrogens is 1. The molecule has 1 aliphatic heterocycles. The van der Waals surface area contributed by atoms with Crippen LogP contribution in [0.4, 0.5) is 0 Å². The lowest BCUT2D eigenvalue weighted by molar-refractivity contribution is 0.0720. The first-order valence-electron chi connectivity index (χ1n) is 8.28. The van der Waals surface area contributed by atoms with Crippen LogP contribution < -0.4 is 0 Å². The average molecular weight is 315 g/mol. The average Bonchev–Trinajstić information content (AvgIpc) is 3.30. The van der Waals surface area contributed by atoms with Crippen LogP contribution in [0.2, 0.25) is 0 Å². The molecule has 122 valence electrons. The van der Waals surface area contributed by atoms with Crippen LogP contribution in [0.15, 0.2) is 16.5 Å². The summed E-state index contributed by atoms with van der Waals surface area (Å²) in [6, 6.07) is 3.41. The molecule has 4 rings (SSSR count). The minimum atomic E-state index is -0.0322. The van der Waals surface area contributed by atoms with E-state index >= 15 is 0 Å². The van der Waals surface area contributed by atoms with Crippen LogP contribution in [-0.4, -0.2) is 44.5 Å². The zero-order valence-electron chi connectivity index (χ0n) is 13.3. The largest absolute Gasteiger partial charge is 0.447 e. The second kappa shape index (κ2) is 5.47. The number of carbonyl (C=O) groups is 1. The van der Waals surface area contributed by atoms with Gasteiger partial charge in [0.25, 0.3) is 5.91 Å². The molecule has 0 aromatic carbocycles. The Morgan fingerprint density at radius 2 is 2.17 bits per heavy atom. The fraction of sp³-hybridized carbons (Fsp3) is 0.625. The Hall–Kier alpha value is -2.18. The molecule has 2 fully saturated rings. The van der Waals surface area contributed by atoms with Crippen LogP contribution in [0, 0.1) is 11.3 Å². The maximum Gasteiger partial charge on any atom is 0.289 e. The molecule has 1 aliphatic carbocycles. The number of hydrogen-bond acceptors (Lipinski definition) is 5. The van der Waals surface area contributed by atoms with E-state index in [0.29, 0.717) is 22.8 Å². The smallest absolute Gasteiger partial charge is 0.289 e. The Balaban J connectivity index is 1.46. The molecule has 0 atom stereocenters. The maximum absolute atomic E-state index is 12.7. The molecule has 0 unspecified atom stereocenters. The second-order valence-corrected chi connectivity index (χ2v) is 7.06. The van der Waals surface area contributed by atoms with Crippen molar-refractivity contribution in [2.24, 2.45) is 11.3 Å². The molecule has 1 saturated carbocycles. The minimum absolute atomic E-state index is 0.0322. The van der Waals surface area contributed by atoms with Crippen LogP contribution in [0.25, 0.3) is 11.6 Å². The van der Waals surface area contributed by atoms with E-state index in [2.05, 4.69) is 27.5 Å². The van der Waals surface area contributed by atoms with Gasteiger partial charge in [-0.15, -0.1) is 10.2 Å². The number of hydrogen-bond donors (Lipinski definition) is 1. The summed E-state index contributed by atoms with van der Waals surface area (Å²) >= 11 is 0. The van der Waals surface area contributed by atoms with E-state index in [1.807, 2.05) is 4.90 Å². The third-order valence-corrected chi connectivity index (χ3v) is 5.44. The Kier molecular flexibility index (Phi) is 3.43. The molecule has 1 amide bonds. The van der Waals surface area contributed by atoms with Crippen molar-refractivity contribution in [1.82, 2.24) is 25.5 Å². The number of amides is 1. The summed E-state index contributed by atoms with van der Waals surface area (Å²) in [6.07, 6.45) is 6.16. The summed E-state index contributed by atoms with van der Waals surface area (Å²) in [4.78, 5) is 14.6. The molecule has 1 N–H and O–H groups in total. The standard InChI is InChI=1S/C16H21N5O2/c1-11-4-6-16(7-5-11)8-9-21(10-16)15(22)13-3-2-12(23-13)14-17-19-20-18-14/h2-3,11H,4-10H2,1H3,(H,17,18,19,20). The molecule has 0 radical (unpaired) electrons. The first kappa shape index (κ1) is 14.4. The molecule has 7 heteroatoms. The highest BCUT2D eigenvalue weighted by atomic mass is 16.4. The van der Waals surface area contributed by atoms with Crippen LogP contribution in [0.3, 0.4) is 0 Å². The van der Waals surface area contributed by atoms with Crippen LogP contribution in [-0.2, 0) is 0 Å². The normalized spacial score (nSPS) is 27.7. The quantitative estimate of drug-likeness (QED) is 0.920. The molecule has 2 aromatic heterocycles. The van der Waals surface area contributed by atoms with E-state index in [1.54, 1.807) is 12.1 Å². The van der Waals surface area contributed by atoms with Gasteiger partial charge in [0.05, 0.1) is 0 Å². The molecule has 3 heterocycles. The van der Waals surface area contributed by atoms with Crippen molar-refractivity contribution in [2.75, 3.05) is 13.1 Å². The van der Waals surface area contributed by atoms with Crippen molar-refractivity contribution in [1.29, 1.82) is 0 Å². The van der Waals surface area contributed by atoms with Gasteiger partial charge in [-0.25, -0.2) is 0 Å². The van der Waals surface area contributed by atoms with Crippen molar-refractivity contribution in [2.45, 2.75) is 39.0 Å². The second-order valence-electron chi connectivity index (χ2n) is 7.06. The molecule has 23 heavy (non-hydrogen) atoms. The highest BCUT2D eigenvalue weighted by molar-refractivity contribution is 5.92. The zero-order valence-corrected chi connectivity index (χ0v) is 13.3. The summed E-state index contributed by atoms with van der Waals surface area (Å²) in [5.74, 6) is 1.97. The number of aromatic nitrogens is 4. The van der Waals surface area contributed by atoms with Gasteiger partial charge in [-0.05, 0) is 47.9 Å². The first-order chi connectivity index (χ1) is 11.2. The van der Waals surface area contributed by atoms with Gasteiger partial charge >= 0.3 is 0 Å². The number of rotatable bonds is 2. The van der Waals surface area contributed by atoms with Gasteiger partial charge in [0.2, 0.25) is 5.82 Å². The molecule has 1 saturated heterocycles. The number of nitrogens with zero attached hydrogens (tertiary/aromatic N) is 4. The van der Waals surface area contributed by atoms with Crippen molar-refractivity contribution in [3.63, 3.8) is 0 Å². The first-order valence-corrected chi connectivity index (χ1v) is 8.28. The predicted molar refractivity (Wildman–Crippen MR) is 82.5 cm³/mol. The van der Waals surface area contributed by atoms with Gasteiger partial charge in [-0.1, -0.05) is 19.8 Å². The summed E-state index contributed by atoms with van der Waals surface area (Å²) in [6.45, 7) is 4.01. The minimum Gasteiger partial charge on any atom is -0.447 e. The third kappa shape index (κ3) is 2.64. The van der Waals surface area contributed by atoms with E-state index in [1.165, 1.54) is 25.7 Å². The Morgan fingerprint density at radius 1 is 1.35 bits per heavy atom. The predicted octanol–water partition coefficient (Wildman–Crippen LogP) is 2.50. The summed E-state index contributed by atoms with van der Waals surface area (Å²) in [7, 11) is 0. The number of tetrazole rings is 1. The monoisotopic (exact) mass is 315 g/mol. The lowest BCUT2D eigenvalue weighted by atomic mass is 9.70. The number of nitrogens with one attached hydrogen (secondary N) is 1. The van der Waals surface area contributed by atoms with E-state index in [4.69, 9.17) is 4.42 Å². The fourth-order valence-corrected chi connectivity index (χ4v) is 3.89. The number of likely N-dealkylation sites (tertiary alicyclic amines) is 1. The fourth-order valence-electron chi connectivity index (χ4n) is 3.89. The van der Waals surface area contributed by atoms with Gasteiger partial charge in [0, 0.05) is 13.1 Å². The van der Waals surface area contributed by atoms with Crippen molar-refractivity contribution in [3.8, 4) is 11.6 Å². The van der Waals surface area contributed by atoms with Crippen LogP contribution in [0.5, 0.6) is 0 Å². The molecule has 7 nitrogen and oxygen atoms in total.